The highest BCUT2D eigenvalue weighted by Gasteiger charge is 2.26. The maximum absolute atomic E-state index is 12.3. The zero-order valence-corrected chi connectivity index (χ0v) is 11.5. The van der Waals surface area contributed by atoms with Crippen molar-refractivity contribution in [3.63, 3.8) is 0 Å². The Kier molecular flexibility index (Phi) is 4.04. The predicted octanol–water partition coefficient (Wildman–Crippen LogP) is 1.38. The van der Waals surface area contributed by atoms with Crippen LogP contribution in [0.5, 0.6) is 0 Å². The Morgan fingerprint density at radius 1 is 1.37 bits per heavy atom. The summed E-state index contributed by atoms with van der Waals surface area (Å²) in [4.78, 5) is 29.1. The summed E-state index contributed by atoms with van der Waals surface area (Å²) in [6, 6.07) is 3.28. The number of amides is 2. The molecule has 1 saturated heterocycles. The van der Waals surface area contributed by atoms with Crippen molar-refractivity contribution in [2.75, 3.05) is 13.1 Å². The summed E-state index contributed by atoms with van der Waals surface area (Å²) in [5.41, 5.74) is 6.52. The first-order chi connectivity index (χ1) is 8.97. The summed E-state index contributed by atoms with van der Waals surface area (Å²) < 4.78 is 0. The van der Waals surface area contributed by atoms with Crippen LogP contribution in [0.4, 0.5) is 0 Å². The van der Waals surface area contributed by atoms with Gasteiger partial charge in [0.2, 0.25) is 5.91 Å². The van der Waals surface area contributed by atoms with E-state index in [9.17, 15) is 9.59 Å². The van der Waals surface area contributed by atoms with Crippen molar-refractivity contribution < 1.29 is 9.59 Å². The summed E-state index contributed by atoms with van der Waals surface area (Å²) in [6.45, 7) is 2.89. The molecule has 1 aromatic heterocycles. The second-order valence-corrected chi connectivity index (χ2v) is 5.18. The normalized spacial score (nSPS) is 16.4. The van der Waals surface area contributed by atoms with Gasteiger partial charge in [-0.3, -0.25) is 9.59 Å². The molecule has 0 unspecified atom stereocenters. The quantitative estimate of drug-likeness (QED) is 0.832. The van der Waals surface area contributed by atoms with Crippen LogP contribution in [-0.4, -0.2) is 34.8 Å². The highest BCUT2D eigenvalue weighted by Crippen LogP contribution is 2.20. The summed E-state index contributed by atoms with van der Waals surface area (Å²) in [7, 11) is 0. The molecule has 0 saturated carbocycles. The van der Waals surface area contributed by atoms with Crippen LogP contribution in [0, 0.1) is 12.8 Å². The third-order valence-electron chi connectivity index (χ3n) is 3.35. The van der Waals surface area contributed by atoms with Gasteiger partial charge in [-0.1, -0.05) is 11.6 Å². The van der Waals surface area contributed by atoms with E-state index in [4.69, 9.17) is 17.3 Å². The van der Waals surface area contributed by atoms with E-state index in [1.165, 1.54) is 0 Å². The Balaban J connectivity index is 2.07. The molecule has 1 fully saturated rings. The van der Waals surface area contributed by atoms with Gasteiger partial charge in [0.15, 0.2) is 0 Å². The Morgan fingerprint density at radius 2 is 2.00 bits per heavy atom. The molecule has 19 heavy (non-hydrogen) atoms. The van der Waals surface area contributed by atoms with Crippen molar-refractivity contribution in [2.24, 2.45) is 11.7 Å². The molecule has 5 nitrogen and oxygen atoms in total. The third-order valence-corrected chi connectivity index (χ3v) is 3.55. The van der Waals surface area contributed by atoms with E-state index < -0.39 is 0 Å². The molecule has 102 valence electrons. The first-order valence-corrected chi connectivity index (χ1v) is 6.58. The van der Waals surface area contributed by atoms with E-state index in [1.54, 1.807) is 24.0 Å². The zero-order chi connectivity index (χ0) is 14.0. The fourth-order valence-electron chi connectivity index (χ4n) is 2.30. The number of aromatic nitrogens is 1. The number of hydrogen-bond acceptors (Lipinski definition) is 3. The SMILES string of the molecule is Cc1cc(C(=O)N2CCC(C(N)=O)CC2)cc(Cl)n1. The minimum absolute atomic E-state index is 0.0738. The van der Waals surface area contributed by atoms with Gasteiger partial charge in [0, 0.05) is 30.3 Å². The number of nitrogens with two attached hydrogens (primary N) is 1. The molecule has 2 N–H and O–H groups in total. The van der Waals surface area contributed by atoms with Crippen LogP contribution >= 0.6 is 11.6 Å². The second-order valence-electron chi connectivity index (χ2n) is 4.79. The largest absolute Gasteiger partial charge is 0.369 e. The van der Waals surface area contributed by atoms with Crippen LogP contribution in [-0.2, 0) is 4.79 Å². The van der Waals surface area contributed by atoms with Gasteiger partial charge in [-0.05, 0) is 31.9 Å². The molecule has 0 aromatic carbocycles. The number of hydrogen-bond donors (Lipinski definition) is 1. The summed E-state index contributed by atoms with van der Waals surface area (Å²) in [5, 5.41) is 0.315. The minimum atomic E-state index is -0.283. The van der Waals surface area contributed by atoms with Crippen molar-refractivity contribution in [2.45, 2.75) is 19.8 Å². The number of likely N-dealkylation sites (tertiary alicyclic amines) is 1. The zero-order valence-electron chi connectivity index (χ0n) is 10.7. The molecule has 1 aromatic rings. The molecule has 2 heterocycles. The predicted molar refractivity (Wildman–Crippen MR) is 71.8 cm³/mol. The molecule has 0 spiro atoms. The van der Waals surface area contributed by atoms with Gasteiger partial charge >= 0.3 is 0 Å². The molecule has 1 aliphatic heterocycles. The number of nitrogens with zero attached hydrogens (tertiary/aromatic N) is 2. The molecule has 0 atom stereocenters. The number of aryl methyl sites for hydroxylation is 1. The van der Waals surface area contributed by atoms with E-state index in [-0.39, 0.29) is 17.7 Å². The van der Waals surface area contributed by atoms with Crippen LogP contribution in [0.15, 0.2) is 12.1 Å². The smallest absolute Gasteiger partial charge is 0.254 e. The first-order valence-electron chi connectivity index (χ1n) is 6.20. The third kappa shape index (κ3) is 3.23. The Labute approximate surface area is 116 Å². The highest BCUT2D eigenvalue weighted by molar-refractivity contribution is 6.29. The van der Waals surface area contributed by atoms with E-state index in [0.29, 0.717) is 42.3 Å². The second kappa shape index (κ2) is 5.57. The van der Waals surface area contributed by atoms with Crippen LogP contribution in [0.2, 0.25) is 5.15 Å². The minimum Gasteiger partial charge on any atom is -0.369 e. The van der Waals surface area contributed by atoms with Crippen LogP contribution < -0.4 is 5.73 Å². The summed E-state index contributed by atoms with van der Waals surface area (Å²) in [5.74, 6) is -0.475. The molecular weight excluding hydrogens is 266 g/mol. The van der Waals surface area contributed by atoms with Crippen molar-refractivity contribution in [3.05, 3.63) is 28.5 Å². The molecule has 2 rings (SSSR count). The lowest BCUT2D eigenvalue weighted by molar-refractivity contribution is -0.123. The van der Waals surface area contributed by atoms with Gasteiger partial charge < -0.3 is 10.6 Å². The van der Waals surface area contributed by atoms with Gasteiger partial charge in [0.25, 0.3) is 5.91 Å². The van der Waals surface area contributed by atoms with E-state index in [1.807, 2.05) is 0 Å². The maximum atomic E-state index is 12.3. The molecule has 1 aliphatic rings. The number of primary amides is 1. The van der Waals surface area contributed by atoms with E-state index in [2.05, 4.69) is 4.98 Å². The number of rotatable bonds is 2. The van der Waals surface area contributed by atoms with Crippen molar-refractivity contribution >= 4 is 23.4 Å². The molecule has 6 heteroatoms. The van der Waals surface area contributed by atoms with Gasteiger partial charge in [-0.25, -0.2) is 4.98 Å². The fourth-order valence-corrected chi connectivity index (χ4v) is 2.55. The van der Waals surface area contributed by atoms with Gasteiger partial charge in [-0.2, -0.15) is 0 Å². The van der Waals surface area contributed by atoms with Gasteiger partial charge in [0.05, 0.1) is 0 Å². The summed E-state index contributed by atoms with van der Waals surface area (Å²) in [6.07, 6.45) is 1.25. The van der Waals surface area contributed by atoms with E-state index >= 15 is 0 Å². The topological polar surface area (TPSA) is 76.3 Å². The van der Waals surface area contributed by atoms with Crippen LogP contribution in [0.1, 0.15) is 28.9 Å². The average Bonchev–Trinajstić information content (AvgIpc) is 2.37. The Morgan fingerprint density at radius 3 is 2.53 bits per heavy atom. The Bertz CT molecular complexity index is 490. The van der Waals surface area contributed by atoms with Gasteiger partial charge in [-0.15, -0.1) is 0 Å². The van der Waals surface area contributed by atoms with Crippen LogP contribution in [0.25, 0.3) is 0 Å². The average molecular weight is 282 g/mol. The Hall–Kier alpha value is -1.62. The summed E-state index contributed by atoms with van der Waals surface area (Å²) >= 11 is 5.85. The lowest BCUT2D eigenvalue weighted by Gasteiger charge is -2.30. The van der Waals surface area contributed by atoms with E-state index in [0.717, 1.165) is 0 Å². The highest BCUT2D eigenvalue weighted by atomic mass is 35.5. The van der Waals surface area contributed by atoms with Crippen molar-refractivity contribution in [1.29, 1.82) is 0 Å². The van der Waals surface area contributed by atoms with Crippen molar-refractivity contribution in [1.82, 2.24) is 9.88 Å². The molecule has 0 radical (unpaired) electrons. The number of carbonyl (C=O) groups excluding carboxylic acids is 2. The number of piperidine rings is 1. The number of halogens is 1. The lowest BCUT2D eigenvalue weighted by atomic mass is 9.96. The monoisotopic (exact) mass is 281 g/mol. The molecule has 0 bridgehead atoms. The van der Waals surface area contributed by atoms with Crippen molar-refractivity contribution in [3.8, 4) is 0 Å². The lowest BCUT2D eigenvalue weighted by Crippen LogP contribution is -2.41. The van der Waals surface area contributed by atoms with Gasteiger partial charge in [0.1, 0.15) is 5.15 Å². The molecule has 2 amide bonds. The fraction of sp³-hybridized carbons (Fsp3) is 0.462. The number of pyridine rings is 1. The van der Waals surface area contributed by atoms with Crippen LogP contribution in [0.3, 0.4) is 0 Å². The molecular formula is C13H16ClN3O2. The number of carbonyl (C=O) groups is 2. The standard InChI is InChI=1S/C13H16ClN3O2/c1-8-6-10(7-11(14)16-8)13(19)17-4-2-9(3-5-17)12(15)18/h6-7,9H,2-5H2,1H3,(H2,15,18). The first kappa shape index (κ1) is 13.8. The molecule has 0 aliphatic carbocycles. The maximum Gasteiger partial charge on any atom is 0.254 e.